The molecule has 5 aliphatic carbocycles. The summed E-state index contributed by atoms with van der Waals surface area (Å²) < 4.78 is 11.4. The first-order chi connectivity index (χ1) is 17.7. The maximum atomic E-state index is 6.20. The SMILES string of the molecule is c1cc(C2CCC3(CC2)OOC2(OO3)C3CC4CC(C3)CC2C4)ccc1OCCNC1CCOCC1. The minimum atomic E-state index is -0.753. The largest absolute Gasteiger partial charge is 0.492 e. The monoisotopic (exact) mass is 499 g/mol. The third kappa shape index (κ3) is 4.50. The number of benzene rings is 1. The number of hydrogen-bond acceptors (Lipinski definition) is 7. The predicted octanol–water partition coefficient (Wildman–Crippen LogP) is 5.25. The van der Waals surface area contributed by atoms with Crippen molar-refractivity contribution in [2.24, 2.45) is 23.7 Å². The first-order valence-electron chi connectivity index (χ1n) is 14.5. The van der Waals surface area contributed by atoms with Crippen LogP contribution in [-0.4, -0.2) is 44.0 Å². The molecular weight excluding hydrogens is 458 g/mol. The molecule has 1 aromatic carbocycles. The molecule has 0 radical (unpaired) electrons. The Morgan fingerprint density at radius 2 is 1.42 bits per heavy atom. The van der Waals surface area contributed by atoms with Gasteiger partial charge in [-0.05, 0) is 93.2 Å². The third-order valence-corrected chi connectivity index (χ3v) is 10.0. The molecule has 7 aliphatic rings. The number of rotatable bonds is 6. The van der Waals surface area contributed by atoms with Gasteiger partial charge in [-0.2, -0.15) is 19.6 Å². The summed E-state index contributed by atoms with van der Waals surface area (Å²) in [5.41, 5.74) is 1.35. The lowest BCUT2D eigenvalue weighted by atomic mass is 9.53. The van der Waals surface area contributed by atoms with E-state index in [4.69, 9.17) is 29.0 Å². The smallest absolute Gasteiger partial charge is 0.239 e. The van der Waals surface area contributed by atoms with E-state index < -0.39 is 11.6 Å². The van der Waals surface area contributed by atoms with Gasteiger partial charge in [0.15, 0.2) is 0 Å². The molecule has 0 unspecified atom stereocenters. The van der Waals surface area contributed by atoms with Gasteiger partial charge in [0.05, 0.1) is 0 Å². The van der Waals surface area contributed by atoms with E-state index in [-0.39, 0.29) is 0 Å². The standard InChI is InChI=1S/C29H41NO6/c1-3-27(32-14-11-30-26-7-12-31-13-8-26)4-2-22(1)23-5-9-28(10-6-23)33-35-29(36-34-28)24-16-20-15-21(18-24)19-25(29)17-20/h1-4,20-21,23-26,30H,5-19H2. The zero-order valence-corrected chi connectivity index (χ0v) is 21.3. The van der Waals surface area contributed by atoms with Crippen LogP contribution in [-0.2, 0) is 24.3 Å². The molecule has 5 saturated carbocycles. The normalized spacial score (nSPS) is 42.3. The van der Waals surface area contributed by atoms with E-state index in [0.717, 1.165) is 75.9 Å². The molecule has 2 spiro atoms. The van der Waals surface area contributed by atoms with Crippen molar-refractivity contribution in [1.29, 1.82) is 0 Å². The molecule has 0 aromatic heterocycles. The van der Waals surface area contributed by atoms with Gasteiger partial charge < -0.3 is 14.8 Å². The van der Waals surface area contributed by atoms with Crippen molar-refractivity contribution >= 4 is 0 Å². The van der Waals surface area contributed by atoms with E-state index >= 15 is 0 Å². The van der Waals surface area contributed by atoms with E-state index in [2.05, 4.69) is 29.6 Å². The molecule has 8 rings (SSSR count). The second-order valence-electron chi connectivity index (χ2n) is 12.3. The topological polar surface area (TPSA) is 67.4 Å². The maximum absolute atomic E-state index is 6.20. The number of ether oxygens (including phenoxy) is 2. The van der Waals surface area contributed by atoms with Crippen molar-refractivity contribution < 1.29 is 29.0 Å². The first-order valence-corrected chi connectivity index (χ1v) is 14.5. The van der Waals surface area contributed by atoms with Crippen LogP contribution in [0.25, 0.3) is 0 Å². The molecular formula is C29H41NO6. The molecule has 2 aliphatic heterocycles. The lowest BCUT2D eigenvalue weighted by Gasteiger charge is -2.60. The van der Waals surface area contributed by atoms with Gasteiger partial charge in [0.2, 0.25) is 11.6 Å². The molecule has 7 fully saturated rings. The highest BCUT2D eigenvalue weighted by Crippen LogP contribution is 2.62. The highest BCUT2D eigenvalue weighted by Gasteiger charge is 2.64. The summed E-state index contributed by atoms with van der Waals surface area (Å²) in [6.45, 7) is 3.28. The van der Waals surface area contributed by atoms with E-state index in [0.29, 0.717) is 30.4 Å². The average molecular weight is 500 g/mol. The van der Waals surface area contributed by atoms with Crippen molar-refractivity contribution in [2.45, 2.75) is 94.2 Å². The summed E-state index contributed by atoms with van der Waals surface area (Å²) in [4.78, 5) is 24.6. The predicted molar refractivity (Wildman–Crippen MR) is 132 cm³/mol. The number of nitrogens with one attached hydrogen (secondary N) is 1. The van der Waals surface area contributed by atoms with E-state index in [1.165, 1.54) is 37.7 Å². The molecule has 7 heteroatoms. The second-order valence-corrected chi connectivity index (χ2v) is 12.3. The zero-order chi connectivity index (χ0) is 24.0. The molecule has 4 bridgehead atoms. The van der Waals surface area contributed by atoms with Crippen molar-refractivity contribution in [2.75, 3.05) is 26.4 Å². The first kappa shape index (κ1) is 23.9. The summed E-state index contributed by atoms with van der Waals surface area (Å²) in [7, 11) is 0. The van der Waals surface area contributed by atoms with Crippen LogP contribution in [0.5, 0.6) is 5.75 Å². The maximum Gasteiger partial charge on any atom is 0.239 e. The molecule has 1 N–H and O–H groups in total. The van der Waals surface area contributed by atoms with Gasteiger partial charge in [0.1, 0.15) is 12.4 Å². The zero-order valence-electron chi connectivity index (χ0n) is 21.3. The minimum Gasteiger partial charge on any atom is -0.492 e. The van der Waals surface area contributed by atoms with Crippen LogP contribution >= 0.6 is 0 Å². The fraction of sp³-hybridized carbons (Fsp3) is 0.793. The minimum absolute atomic E-state index is 0.417. The third-order valence-electron chi connectivity index (χ3n) is 10.0. The summed E-state index contributed by atoms with van der Waals surface area (Å²) in [5, 5.41) is 3.57. The highest BCUT2D eigenvalue weighted by atomic mass is 17.4. The Labute approximate surface area is 214 Å². The van der Waals surface area contributed by atoms with Gasteiger partial charge in [-0.1, -0.05) is 12.1 Å². The van der Waals surface area contributed by atoms with Crippen LogP contribution in [0.15, 0.2) is 24.3 Å². The van der Waals surface area contributed by atoms with Gasteiger partial charge in [-0.15, -0.1) is 0 Å². The van der Waals surface area contributed by atoms with Gasteiger partial charge in [-0.25, -0.2) is 0 Å². The average Bonchev–Trinajstić information content (AvgIpc) is 2.92. The van der Waals surface area contributed by atoms with Crippen LogP contribution in [0.3, 0.4) is 0 Å². The Hall–Kier alpha value is -1.22. The lowest BCUT2D eigenvalue weighted by Crippen LogP contribution is -2.64. The Bertz CT molecular complexity index is 852. The molecule has 2 saturated heterocycles. The summed E-state index contributed by atoms with van der Waals surface area (Å²) >= 11 is 0. The number of hydrogen-bond donors (Lipinski definition) is 1. The Balaban J connectivity index is 0.878. The molecule has 0 atom stereocenters. The van der Waals surface area contributed by atoms with Crippen molar-refractivity contribution in [3.05, 3.63) is 29.8 Å². The molecule has 1 aromatic rings. The van der Waals surface area contributed by atoms with Crippen LogP contribution in [0.1, 0.15) is 82.1 Å². The second kappa shape index (κ2) is 9.83. The van der Waals surface area contributed by atoms with Crippen molar-refractivity contribution in [3.63, 3.8) is 0 Å². The molecule has 198 valence electrons. The van der Waals surface area contributed by atoms with Gasteiger partial charge in [0.25, 0.3) is 0 Å². The van der Waals surface area contributed by atoms with E-state index in [1.54, 1.807) is 0 Å². The Kier molecular flexibility index (Phi) is 6.51. The molecule has 7 nitrogen and oxygen atoms in total. The molecule has 0 amide bonds. The van der Waals surface area contributed by atoms with Crippen LogP contribution in [0.4, 0.5) is 0 Å². The van der Waals surface area contributed by atoms with Crippen molar-refractivity contribution in [3.8, 4) is 5.75 Å². The summed E-state index contributed by atoms with van der Waals surface area (Å²) in [6.07, 6.45) is 11.9. The van der Waals surface area contributed by atoms with E-state index in [1.807, 2.05) is 0 Å². The van der Waals surface area contributed by atoms with Gasteiger partial charge in [0, 0.05) is 50.5 Å². The Morgan fingerprint density at radius 1 is 0.778 bits per heavy atom. The summed E-state index contributed by atoms with van der Waals surface area (Å²) in [6, 6.07) is 9.19. The van der Waals surface area contributed by atoms with E-state index in [9.17, 15) is 0 Å². The van der Waals surface area contributed by atoms with Gasteiger partial charge >= 0.3 is 0 Å². The van der Waals surface area contributed by atoms with Crippen molar-refractivity contribution in [1.82, 2.24) is 5.32 Å². The molecule has 36 heavy (non-hydrogen) atoms. The Morgan fingerprint density at radius 3 is 2.06 bits per heavy atom. The van der Waals surface area contributed by atoms with Crippen LogP contribution in [0, 0.1) is 23.7 Å². The molecule has 2 heterocycles. The van der Waals surface area contributed by atoms with Gasteiger partial charge in [-0.3, -0.25) is 0 Å². The van der Waals surface area contributed by atoms with Crippen LogP contribution < -0.4 is 10.1 Å². The summed E-state index contributed by atoms with van der Waals surface area (Å²) in [5.74, 6) is 2.54. The quantitative estimate of drug-likeness (QED) is 0.424. The fourth-order valence-corrected chi connectivity index (χ4v) is 8.15. The fourth-order valence-electron chi connectivity index (χ4n) is 8.15. The van der Waals surface area contributed by atoms with Crippen LogP contribution in [0.2, 0.25) is 0 Å². The highest BCUT2D eigenvalue weighted by molar-refractivity contribution is 5.30. The lowest BCUT2D eigenvalue weighted by molar-refractivity contribution is -0.680.